The highest BCUT2D eigenvalue weighted by molar-refractivity contribution is 7.90. The third-order valence-electron chi connectivity index (χ3n) is 1.44. The van der Waals surface area contributed by atoms with E-state index >= 15 is 0 Å². The fraction of sp³-hybridized carbons (Fsp3) is 0.125. The molecule has 0 aliphatic rings. The molecule has 0 amide bonds. The van der Waals surface area contributed by atoms with Crippen LogP contribution >= 0.6 is 0 Å². The Labute approximate surface area is 82.5 Å². The molecule has 0 saturated carbocycles. The van der Waals surface area contributed by atoms with Crippen LogP contribution < -0.4 is 11.5 Å². The lowest BCUT2D eigenvalue weighted by Gasteiger charge is -1.99. The number of sulfonamides is 1. The molecule has 14 heavy (non-hydrogen) atoms. The first-order valence-electron chi connectivity index (χ1n) is 3.84. The molecule has 0 saturated heterocycles. The highest BCUT2D eigenvalue weighted by Gasteiger charge is 2.11. The summed E-state index contributed by atoms with van der Waals surface area (Å²) in [5.41, 5.74) is 11.1. The number of hydrogen-bond acceptors (Lipinski definition) is 3. The van der Waals surface area contributed by atoms with Gasteiger partial charge < -0.3 is 11.5 Å². The van der Waals surface area contributed by atoms with E-state index in [4.69, 9.17) is 11.5 Å². The Morgan fingerprint density at radius 1 is 1.29 bits per heavy atom. The third-order valence-corrected chi connectivity index (χ3v) is 2.84. The molecule has 5 nitrogen and oxygen atoms in total. The van der Waals surface area contributed by atoms with E-state index < -0.39 is 10.0 Å². The molecule has 0 heterocycles. The van der Waals surface area contributed by atoms with Gasteiger partial charge in [-0.15, -0.1) is 4.40 Å². The van der Waals surface area contributed by atoms with E-state index in [0.29, 0.717) is 5.69 Å². The Kier molecular flexibility index (Phi) is 2.76. The Morgan fingerprint density at radius 2 is 1.79 bits per heavy atom. The summed E-state index contributed by atoms with van der Waals surface area (Å²) in [5, 5.41) is 0. The second-order valence-electron chi connectivity index (χ2n) is 2.78. The molecule has 6 heteroatoms. The fourth-order valence-corrected chi connectivity index (χ4v) is 1.85. The average molecular weight is 213 g/mol. The Morgan fingerprint density at radius 3 is 2.21 bits per heavy atom. The zero-order valence-corrected chi connectivity index (χ0v) is 8.45. The summed E-state index contributed by atoms with van der Waals surface area (Å²) in [6.45, 7) is 1.41. The quantitative estimate of drug-likeness (QED) is 0.420. The number of benzene rings is 1. The monoisotopic (exact) mass is 213 g/mol. The van der Waals surface area contributed by atoms with Crippen molar-refractivity contribution in [2.45, 2.75) is 11.8 Å². The summed E-state index contributed by atoms with van der Waals surface area (Å²) in [7, 11) is -3.67. The molecule has 0 atom stereocenters. The maximum Gasteiger partial charge on any atom is 0.283 e. The van der Waals surface area contributed by atoms with Crippen molar-refractivity contribution in [3.05, 3.63) is 24.3 Å². The summed E-state index contributed by atoms with van der Waals surface area (Å²) >= 11 is 0. The molecule has 1 aromatic carbocycles. The second kappa shape index (κ2) is 3.67. The van der Waals surface area contributed by atoms with Gasteiger partial charge in [0.15, 0.2) is 0 Å². The number of hydrogen-bond donors (Lipinski definition) is 2. The van der Waals surface area contributed by atoms with E-state index in [2.05, 4.69) is 4.40 Å². The van der Waals surface area contributed by atoms with E-state index in [1.165, 1.54) is 31.2 Å². The molecule has 0 spiro atoms. The maximum atomic E-state index is 11.4. The van der Waals surface area contributed by atoms with Gasteiger partial charge in [0.1, 0.15) is 5.84 Å². The van der Waals surface area contributed by atoms with Crippen molar-refractivity contribution in [2.24, 2.45) is 10.1 Å². The zero-order valence-electron chi connectivity index (χ0n) is 7.64. The Bertz CT molecular complexity index is 444. The van der Waals surface area contributed by atoms with Crippen LogP contribution in [-0.4, -0.2) is 14.3 Å². The first-order chi connectivity index (χ1) is 6.42. The van der Waals surface area contributed by atoms with E-state index in [0.717, 1.165) is 0 Å². The molecule has 1 rings (SSSR count). The molecule has 1 aromatic rings. The minimum absolute atomic E-state index is 0.00169. The van der Waals surface area contributed by atoms with Crippen LogP contribution in [0.3, 0.4) is 0 Å². The SMILES string of the molecule is C/C(N)=N\S(=O)(=O)c1ccc(N)cc1. The average Bonchev–Trinajstić information content (AvgIpc) is 2.02. The molecule has 0 radical (unpaired) electrons. The second-order valence-corrected chi connectivity index (χ2v) is 4.38. The van der Waals surface area contributed by atoms with Crippen LogP contribution in [0.2, 0.25) is 0 Å². The Balaban J connectivity index is 3.18. The van der Waals surface area contributed by atoms with Gasteiger partial charge in [0, 0.05) is 5.69 Å². The van der Waals surface area contributed by atoms with Crippen LogP contribution in [0.25, 0.3) is 0 Å². The number of nitrogens with zero attached hydrogens (tertiary/aromatic N) is 1. The largest absolute Gasteiger partial charge is 0.399 e. The summed E-state index contributed by atoms with van der Waals surface area (Å²) in [4.78, 5) is 0.0801. The molecule has 0 bridgehead atoms. The van der Waals surface area contributed by atoms with E-state index in [1.54, 1.807) is 0 Å². The van der Waals surface area contributed by atoms with Gasteiger partial charge in [-0.2, -0.15) is 8.42 Å². The van der Waals surface area contributed by atoms with Crippen LogP contribution in [-0.2, 0) is 10.0 Å². The van der Waals surface area contributed by atoms with Gasteiger partial charge in [0.2, 0.25) is 0 Å². The van der Waals surface area contributed by atoms with E-state index in [1.807, 2.05) is 0 Å². The lowest BCUT2D eigenvalue weighted by atomic mass is 10.3. The lowest BCUT2D eigenvalue weighted by Crippen LogP contribution is -2.09. The van der Waals surface area contributed by atoms with Crippen molar-refractivity contribution in [1.29, 1.82) is 0 Å². The number of rotatable bonds is 2. The zero-order chi connectivity index (χ0) is 10.8. The molecule has 4 N–H and O–H groups in total. The molecular weight excluding hydrogens is 202 g/mol. The lowest BCUT2D eigenvalue weighted by molar-refractivity contribution is 0.598. The Hall–Kier alpha value is -1.56. The number of nitrogen functional groups attached to an aromatic ring is 1. The van der Waals surface area contributed by atoms with Crippen LogP contribution in [0.15, 0.2) is 33.6 Å². The number of amidine groups is 1. The van der Waals surface area contributed by atoms with Gasteiger partial charge in [0.25, 0.3) is 10.0 Å². The van der Waals surface area contributed by atoms with E-state index in [-0.39, 0.29) is 10.7 Å². The minimum Gasteiger partial charge on any atom is -0.399 e. The van der Waals surface area contributed by atoms with Crippen molar-refractivity contribution in [1.82, 2.24) is 0 Å². The van der Waals surface area contributed by atoms with Gasteiger partial charge >= 0.3 is 0 Å². The summed E-state index contributed by atoms with van der Waals surface area (Å²) < 4.78 is 26.2. The van der Waals surface area contributed by atoms with Crippen LogP contribution in [0, 0.1) is 0 Å². The predicted octanol–water partition coefficient (Wildman–Crippen LogP) is 0.335. The fourth-order valence-electron chi connectivity index (χ4n) is 0.882. The number of nitrogens with two attached hydrogens (primary N) is 2. The van der Waals surface area contributed by atoms with Gasteiger partial charge in [-0.05, 0) is 31.2 Å². The molecular formula is C8H11N3O2S. The normalized spacial score (nSPS) is 12.8. The summed E-state index contributed by atoms with van der Waals surface area (Å²) in [5.74, 6) is 0.00169. The maximum absolute atomic E-state index is 11.4. The van der Waals surface area contributed by atoms with Crippen molar-refractivity contribution in [2.75, 3.05) is 5.73 Å². The summed E-state index contributed by atoms with van der Waals surface area (Å²) in [6, 6.07) is 5.76. The third kappa shape index (κ3) is 2.46. The molecule has 0 unspecified atom stereocenters. The molecule has 0 aromatic heterocycles. The van der Waals surface area contributed by atoms with Gasteiger partial charge in [-0.25, -0.2) is 0 Å². The first-order valence-corrected chi connectivity index (χ1v) is 5.28. The van der Waals surface area contributed by atoms with Gasteiger partial charge in [-0.3, -0.25) is 0 Å². The van der Waals surface area contributed by atoms with Crippen molar-refractivity contribution >= 4 is 21.5 Å². The van der Waals surface area contributed by atoms with Crippen LogP contribution in [0.4, 0.5) is 5.69 Å². The smallest absolute Gasteiger partial charge is 0.283 e. The van der Waals surface area contributed by atoms with Crippen molar-refractivity contribution < 1.29 is 8.42 Å². The highest BCUT2D eigenvalue weighted by atomic mass is 32.2. The van der Waals surface area contributed by atoms with Crippen molar-refractivity contribution in [3.8, 4) is 0 Å². The predicted molar refractivity (Wildman–Crippen MR) is 55.3 cm³/mol. The molecule has 0 fully saturated rings. The molecule has 0 aliphatic heterocycles. The van der Waals surface area contributed by atoms with Crippen LogP contribution in [0.1, 0.15) is 6.92 Å². The highest BCUT2D eigenvalue weighted by Crippen LogP contribution is 2.13. The van der Waals surface area contributed by atoms with E-state index in [9.17, 15) is 8.42 Å². The topological polar surface area (TPSA) is 98.5 Å². The standard InChI is InChI=1S/C8H11N3O2S/c1-6(9)11-14(12,13)8-4-2-7(10)3-5-8/h2-5H,10H2,1H3,(H2,9,11). The number of anilines is 1. The molecule has 76 valence electrons. The van der Waals surface area contributed by atoms with Crippen LogP contribution in [0.5, 0.6) is 0 Å². The van der Waals surface area contributed by atoms with Crippen molar-refractivity contribution in [3.63, 3.8) is 0 Å². The summed E-state index contributed by atoms with van der Waals surface area (Å²) in [6.07, 6.45) is 0. The first kappa shape index (κ1) is 10.5. The van der Waals surface area contributed by atoms with Gasteiger partial charge in [0.05, 0.1) is 4.90 Å². The minimum atomic E-state index is -3.67. The molecule has 0 aliphatic carbocycles. The van der Waals surface area contributed by atoms with Gasteiger partial charge in [-0.1, -0.05) is 0 Å².